The monoisotopic (exact) mass is 345 g/mol. The van der Waals surface area contributed by atoms with E-state index in [0.29, 0.717) is 18.9 Å². The van der Waals surface area contributed by atoms with Crippen molar-refractivity contribution in [3.63, 3.8) is 0 Å². The van der Waals surface area contributed by atoms with E-state index in [4.69, 9.17) is 5.73 Å². The molecule has 0 spiro atoms. The van der Waals surface area contributed by atoms with E-state index in [-0.39, 0.29) is 25.5 Å². The lowest BCUT2D eigenvalue weighted by Gasteiger charge is -2.27. The second kappa shape index (κ2) is 7.61. The molecule has 2 rings (SSSR count). The Hall–Kier alpha value is -1.15. The predicted octanol–water partition coefficient (Wildman–Crippen LogP) is 0.162. The standard InChI is InChI=1S/C15H27N3O4S/c1-23(21,22)18-8-7-17(10-13(11-18)15(16)20)14(19)9-12-5-3-2-4-6-12/h12-13H,2-11H2,1H3,(H2,16,20)/t13-/m0/s1. The Morgan fingerprint density at radius 1 is 1.09 bits per heavy atom. The van der Waals surface area contributed by atoms with Crippen molar-refractivity contribution < 1.29 is 18.0 Å². The van der Waals surface area contributed by atoms with Crippen LogP contribution in [0.15, 0.2) is 0 Å². The van der Waals surface area contributed by atoms with Gasteiger partial charge in [0.1, 0.15) is 0 Å². The Labute approximate surface area is 138 Å². The maximum atomic E-state index is 12.5. The number of carbonyl (C=O) groups is 2. The molecule has 1 aliphatic carbocycles. The summed E-state index contributed by atoms with van der Waals surface area (Å²) in [5.74, 6) is -0.783. The molecule has 2 fully saturated rings. The number of carbonyl (C=O) groups excluding carboxylic acids is 2. The summed E-state index contributed by atoms with van der Waals surface area (Å²) in [6, 6.07) is 0. The van der Waals surface area contributed by atoms with E-state index in [9.17, 15) is 18.0 Å². The average molecular weight is 345 g/mol. The number of hydrogen-bond donors (Lipinski definition) is 1. The lowest BCUT2D eigenvalue weighted by Crippen LogP contribution is -2.41. The zero-order chi connectivity index (χ0) is 17.0. The van der Waals surface area contributed by atoms with Gasteiger partial charge in [-0.3, -0.25) is 9.59 Å². The van der Waals surface area contributed by atoms with Crippen LogP contribution < -0.4 is 5.73 Å². The highest BCUT2D eigenvalue weighted by Crippen LogP contribution is 2.27. The number of nitrogens with zero attached hydrogens (tertiary/aromatic N) is 2. The molecular weight excluding hydrogens is 318 g/mol. The molecule has 1 aliphatic heterocycles. The van der Waals surface area contributed by atoms with E-state index < -0.39 is 21.8 Å². The van der Waals surface area contributed by atoms with E-state index in [1.807, 2.05) is 0 Å². The maximum Gasteiger partial charge on any atom is 0.223 e. The van der Waals surface area contributed by atoms with Gasteiger partial charge in [-0.25, -0.2) is 8.42 Å². The Morgan fingerprint density at radius 2 is 1.74 bits per heavy atom. The van der Waals surface area contributed by atoms with Crippen molar-refractivity contribution in [1.29, 1.82) is 0 Å². The van der Waals surface area contributed by atoms with Gasteiger partial charge in [0.05, 0.1) is 12.2 Å². The Morgan fingerprint density at radius 3 is 2.30 bits per heavy atom. The van der Waals surface area contributed by atoms with Crippen molar-refractivity contribution in [3.05, 3.63) is 0 Å². The molecule has 2 N–H and O–H groups in total. The zero-order valence-electron chi connectivity index (χ0n) is 13.7. The molecule has 1 saturated carbocycles. The van der Waals surface area contributed by atoms with Gasteiger partial charge in [0.25, 0.3) is 0 Å². The number of primary amides is 1. The number of nitrogens with two attached hydrogens (primary N) is 1. The molecule has 2 aliphatic rings. The van der Waals surface area contributed by atoms with E-state index >= 15 is 0 Å². The van der Waals surface area contributed by atoms with Gasteiger partial charge >= 0.3 is 0 Å². The van der Waals surface area contributed by atoms with E-state index in [1.54, 1.807) is 4.90 Å². The summed E-state index contributed by atoms with van der Waals surface area (Å²) >= 11 is 0. The summed E-state index contributed by atoms with van der Waals surface area (Å²) in [5.41, 5.74) is 5.39. The van der Waals surface area contributed by atoms with E-state index in [1.165, 1.54) is 23.6 Å². The van der Waals surface area contributed by atoms with Gasteiger partial charge in [0.15, 0.2) is 0 Å². The lowest BCUT2D eigenvalue weighted by atomic mass is 9.86. The van der Waals surface area contributed by atoms with Gasteiger partial charge in [-0.05, 0) is 18.8 Å². The molecule has 132 valence electrons. The second-order valence-corrected chi connectivity index (χ2v) is 8.75. The molecule has 0 aromatic rings. The summed E-state index contributed by atoms with van der Waals surface area (Å²) in [6.07, 6.45) is 7.34. The normalized spacial score (nSPS) is 25.1. The van der Waals surface area contributed by atoms with Crippen LogP contribution in [0.4, 0.5) is 0 Å². The number of hydrogen-bond acceptors (Lipinski definition) is 4. The highest BCUT2D eigenvalue weighted by Gasteiger charge is 2.32. The zero-order valence-corrected chi connectivity index (χ0v) is 14.6. The molecule has 0 aromatic heterocycles. The molecule has 7 nitrogen and oxygen atoms in total. The first-order chi connectivity index (χ1) is 10.8. The van der Waals surface area contributed by atoms with Gasteiger partial charge < -0.3 is 10.6 Å². The average Bonchev–Trinajstić information content (AvgIpc) is 2.71. The molecule has 1 saturated heterocycles. The summed E-state index contributed by atoms with van der Waals surface area (Å²) in [5, 5.41) is 0. The van der Waals surface area contributed by atoms with Crippen molar-refractivity contribution in [2.24, 2.45) is 17.6 Å². The topological polar surface area (TPSA) is 101 Å². The molecule has 0 bridgehead atoms. The van der Waals surface area contributed by atoms with Crippen LogP contribution in [0.25, 0.3) is 0 Å². The third-order valence-corrected chi connectivity index (χ3v) is 6.17. The van der Waals surface area contributed by atoms with Gasteiger partial charge in [-0.1, -0.05) is 19.3 Å². The van der Waals surface area contributed by atoms with Crippen molar-refractivity contribution >= 4 is 21.8 Å². The molecule has 1 atom stereocenters. The fourth-order valence-electron chi connectivity index (χ4n) is 3.46. The van der Waals surface area contributed by atoms with Crippen LogP contribution in [0.1, 0.15) is 38.5 Å². The molecule has 2 amide bonds. The van der Waals surface area contributed by atoms with E-state index in [0.717, 1.165) is 19.1 Å². The minimum atomic E-state index is -3.40. The molecule has 23 heavy (non-hydrogen) atoms. The molecule has 8 heteroatoms. The summed E-state index contributed by atoms with van der Waals surface area (Å²) < 4.78 is 24.8. The van der Waals surface area contributed by atoms with Crippen molar-refractivity contribution in [1.82, 2.24) is 9.21 Å². The smallest absolute Gasteiger partial charge is 0.223 e. The highest BCUT2D eigenvalue weighted by atomic mass is 32.2. The maximum absolute atomic E-state index is 12.5. The van der Waals surface area contributed by atoms with Crippen LogP contribution >= 0.6 is 0 Å². The number of sulfonamides is 1. The van der Waals surface area contributed by atoms with Crippen LogP contribution in [-0.2, 0) is 19.6 Å². The van der Waals surface area contributed by atoms with Crippen molar-refractivity contribution in [2.75, 3.05) is 32.4 Å². The van der Waals surface area contributed by atoms with Gasteiger partial charge in [-0.15, -0.1) is 0 Å². The SMILES string of the molecule is CS(=O)(=O)N1CCN(C(=O)CC2CCCCC2)C[C@H](C(N)=O)C1. The molecule has 1 heterocycles. The first kappa shape index (κ1) is 18.2. The Bertz CT molecular complexity index is 543. The third kappa shape index (κ3) is 5.17. The van der Waals surface area contributed by atoms with Crippen molar-refractivity contribution in [3.8, 4) is 0 Å². The van der Waals surface area contributed by atoms with Crippen LogP contribution in [0.3, 0.4) is 0 Å². The van der Waals surface area contributed by atoms with Gasteiger partial charge in [0.2, 0.25) is 21.8 Å². The predicted molar refractivity (Wildman–Crippen MR) is 86.9 cm³/mol. The van der Waals surface area contributed by atoms with Crippen molar-refractivity contribution in [2.45, 2.75) is 38.5 Å². The fourth-order valence-corrected chi connectivity index (χ4v) is 4.32. The largest absolute Gasteiger partial charge is 0.369 e. The van der Waals surface area contributed by atoms with Crippen LogP contribution in [0.2, 0.25) is 0 Å². The summed E-state index contributed by atoms with van der Waals surface area (Å²) in [7, 11) is -3.40. The lowest BCUT2D eigenvalue weighted by molar-refractivity contribution is -0.133. The first-order valence-corrected chi connectivity index (χ1v) is 10.1. The van der Waals surface area contributed by atoms with E-state index in [2.05, 4.69) is 0 Å². The Balaban J connectivity index is 2.03. The van der Waals surface area contributed by atoms with Crippen LogP contribution in [0.5, 0.6) is 0 Å². The Kier molecular flexibility index (Phi) is 6.02. The molecular formula is C15H27N3O4S. The van der Waals surface area contributed by atoms with Crippen LogP contribution in [-0.4, -0.2) is 61.9 Å². The molecule has 0 unspecified atom stereocenters. The number of amides is 2. The first-order valence-electron chi connectivity index (χ1n) is 8.29. The summed E-state index contributed by atoms with van der Waals surface area (Å²) in [6.45, 7) is 0.815. The highest BCUT2D eigenvalue weighted by molar-refractivity contribution is 7.88. The number of rotatable bonds is 4. The molecule has 0 aromatic carbocycles. The minimum absolute atomic E-state index is 0.0125. The van der Waals surface area contributed by atoms with Gasteiger partial charge in [0, 0.05) is 32.6 Å². The van der Waals surface area contributed by atoms with Gasteiger partial charge in [-0.2, -0.15) is 4.31 Å². The fraction of sp³-hybridized carbons (Fsp3) is 0.867. The second-order valence-electron chi connectivity index (χ2n) is 6.77. The third-order valence-electron chi connectivity index (χ3n) is 4.90. The van der Waals surface area contributed by atoms with Crippen LogP contribution in [0, 0.1) is 11.8 Å². The quantitative estimate of drug-likeness (QED) is 0.784. The summed E-state index contributed by atoms with van der Waals surface area (Å²) in [4.78, 5) is 25.8. The molecule has 0 radical (unpaired) electrons. The minimum Gasteiger partial charge on any atom is -0.369 e.